The maximum Gasteiger partial charge on any atom is 0.417 e. The van der Waals surface area contributed by atoms with Crippen LogP contribution in [-0.4, -0.2) is 62.0 Å². The predicted molar refractivity (Wildman–Crippen MR) is 357 cm³/mol. The number of phenols is 1. The maximum atomic E-state index is 13.3. The lowest BCUT2D eigenvalue weighted by atomic mass is 10.2. The summed E-state index contributed by atoms with van der Waals surface area (Å²) in [7, 11) is 4.41. The van der Waals surface area contributed by atoms with E-state index in [1.54, 1.807) is 79.2 Å². The first-order valence-electron chi connectivity index (χ1n) is 28.1. The van der Waals surface area contributed by atoms with Crippen LogP contribution in [0.4, 0.5) is 39.5 Å². The number of nitrogens with zero attached hydrogens (tertiary/aromatic N) is 10. The first kappa shape index (κ1) is 74.0. The average molecular weight is 1560 g/mol. The number of benzene rings is 6. The predicted octanol–water partition coefficient (Wildman–Crippen LogP) is 14.6. The molecule has 0 saturated carbocycles. The smallest absolute Gasteiger partial charge is 0.417 e. The number of aromatic nitrogens is 12. The van der Waals surface area contributed by atoms with Crippen LogP contribution in [0, 0.1) is 0 Å². The van der Waals surface area contributed by atoms with Crippen LogP contribution in [0.5, 0.6) is 29.3 Å². The summed E-state index contributed by atoms with van der Waals surface area (Å²) >= 11 is 37.7. The van der Waals surface area contributed by atoms with Gasteiger partial charge in [-0.3, -0.25) is 51.8 Å². The van der Waals surface area contributed by atoms with Crippen LogP contribution in [0.1, 0.15) is 40.3 Å². The van der Waals surface area contributed by atoms with Gasteiger partial charge in [-0.15, -0.1) is 0 Å². The number of imidazole rings is 3. The van der Waals surface area contributed by atoms with Gasteiger partial charge >= 0.3 is 47.6 Å². The standard InChI is InChI=1S/C22H17Cl2F3N4O3.C20H13Cl2F3N4O3.C13H10BrClN4O2.C7H4ClF3O/c1-3-30-19(32)17-18(29(2)21(30)33)28-20(31(17)11-12-4-6-13(23)7-5-12)34-14-8-9-16(24)15(10-14)22(25,26)27;1-28-16-15(17(30)27-18(28)31)29(9-10-2-4-11(21)5-3-10)19(26-16)32-12-6-7-14(22)13(8-12)20(23,24)25;1-18-10-9(11(20)17-13(18)21)19(12(14)16-10)6-7-2-4-8(15)5-3-7;8-6-2-1-4(12)3-5(6)7(9,10)11/h4-10H,3,11H2,1-2H3;2-8H,9H2,1H3,(H,27,30,31);2-5H,6H2,1H3,(H,17,20,21);1-3,12H. The van der Waals surface area contributed by atoms with Gasteiger partial charge in [0, 0.05) is 42.8 Å². The van der Waals surface area contributed by atoms with E-state index in [9.17, 15) is 68.3 Å². The number of aromatic hydroxyl groups is 1. The minimum atomic E-state index is -4.70. The van der Waals surface area contributed by atoms with Crippen molar-refractivity contribution in [3.05, 3.63) is 258 Å². The second kappa shape index (κ2) is 29.7. The molecule has 6 heterocycles. The summed E-state index contributed by atoms with van der Waals surface area (Å²) in [4.78, 5) is 91.1. The van der Waals surface area contributed by atoms with E-state index in [0.29, 0.717) is 49.1 Å². The fourth-order valence-corrected chi connectivity index (χ4v) is 11.0. The zero-order chi connectivity index (χ0) is 72.5. The number of halogens is 16. The van der Waals surface area contributed by atoms with E-state index in [-0.39, 0.29) is 65.5 Å². The normalized spacial score (nSPS) is 11.7. The van der Waals surface area contributed by atoms with Crippen molar-refractivity contribution >= 4 is 119 Å². The summed E-state index contributed by atoms with van der Waals surface area (Å²) in [6, 6.07) is 29.2. The van der Waals surface area contributed by atoms with E-state index in [0.717, 1.165) is 56.7 Å². The molecular weight excluding hydrogens is 1520 g/mol. The Morgan fingerprint density at radius 3 is 1.18 bits per heavy atom. The molecule has 12 aromatic rings. The van der Waals surface area contributed by atoms with Crippen molar-refractivity contribution in [1.82, 2.24) is 56.9 Å². The number of ether oxygens (including phenoxy) is 2. The summed E-state index contributed by atoms with van der Waals surface area (Å²) in [5, 5.41) is 9.01. The fourth-order valence-electron chi connectivity index (χ4n) is 9.48. The Bertz CT molecular complexity index is 5440. The van der Waals surface area contributed by atoms with Crippen molar-refractivity contribution in [2.45, 2.75) is 51.6 Å². The Morgan fingerprint density at radius 2 is 0.798 bits per heavy atom. The second-order valence-corrected chi connectivity index (χ2v) is 24.2. The summed E-state index contributed by atoms with van der Waals surface area (Å²) in [6.07, 6.45) is -13.9. The molecular formula is C62H44BrCl6F9N12O9. The first-order chi connectivity index (χ1) is 46.4. The molecule has 6 aromatic carbocycles. The minimum absolute atomic E-state index is 0.00715. The number of fused-ring (bicyclic) bond motifs is 3. The molecule has 37 heteroatoms. The van der Waals surface area contributed by atoms with Crippen molar-refractivity contribution in [2.24, 2.45) is 21.1 Å². The molecule has 0 radical (unpaired) electrons. The van der Waals surface area contributed by atoms with Crippen LogP contribution in [0.2, 0.25) is 30.1 Å². The molecule has 0 bridgehead atoms. The van der Waals surface area contributed by atoms with Crippen molar-refractivity contribution in [3.63, 3.8) is 0 Å². The first-order valence-corrected chi connectivity index (χ1v) is 31.1. The van der Waals surface area contributed by atoms with Gasteiger partial charge in [0.15, 0.2) is 38.2 Å². The van der Waals surface area contributed by atoms with Crippen LogP contribution in [0.15, 0.2) is 161 Å². The Morgan fingerprint density at radius 1 is 0.455 bits per heavy atom. The number of hydrogen-bond donors (Lipinski definition) is 3. The molecule has 3 N–H and O–H groups in total. The number of aromatic amines is 2. The monoisotopic (exact) mass is 1560 g/mol. The molecule has 21 nitrogen and oxygen atoms in total. The maximum absolute atomic E-state index is 13.3. The van der Waals surface area contributed by atoms with Gasteiger partial charge in [0.2, 0.25) is 0 Å². The number of hydrogen-bond acceptors (Lipinski definition) is 12. The number of nitrogens with one attached hydrogen (secondary N) is 2. The highest BCUT2D eigenvalue weighted by Gasteiger charge is 2.36. The number of phenolic OH excluding ortho intramolecular Hbond substituents is 1. The average Bonchev–Trinajstić information content (AvgIpc) is 1.63. The van der Waals surface area contributed by atoms with Crippen LogP contribution >= 0.6 is 85.5 Å². The Hall–Kier alpha value is -9.24. The fraction of sp³-hybridized carbons (Fsp3) is 0.177. The number of H-pyrrole nitrogens is 2. The van der Waals surface area contributed by atoms with Gasteiger partial charge in [-0.2, -0.15) is 49.5 Å². The van der Waals surface area contributed by atoms with Gasteiger partial charge in [0.05, 0.1) is 51.4 Å². The number of rotatable bonds is 11. The molecule has 0 aliphatic carbocycles. The summed E-state index contributed by atoms with van der Waals surface area (Å²) in [5.41, 5.74) is -3.51. The number of aryl methyl sites for hydroxylation is 3. The van der Waals surface area contributed by atoms with Gasteiger partial charge in [-0.1, -0.05) is 106 Å². The van der Waals surface area contributed by atoms with E-state index in [4.69, 9.17) is 84.2 Å². The summed E-state index contributed by atoms with van der Waals surface area (Å²) < 4.78 is 137. The van der Waals surface area contributed by atoms with Crippen molar-refractivity contribution in [3.8, 4) is 29.3 Å². The highest BCUT2D eigenvalue weighted by Crippen LogP contribution is 2.41. The molecule has 518 valence electrons. The molecule has 0 spiro atoms. The second-order valence-electron chi connectivity index (χ2n) is 21.0. The van der Waals surface area contributed by atoms with Gasteiger partial charge in [-0.25, -0.2) is 19.4 Å². The van der Waals surface area contributed by atoms with Crippen molar-refractivity contribution in [1.29, 1.82) is 0 Å². The minimum Gasteiger partial charge on any atom is -0.508 e. The van der Waals surface area contributed by atoms with Gasteiger partial charge in [0.25, 0.3) is 16.7 Å². The SMILES string of the molecule is CCn1c(=O)c2c(nc(Oc3ccc(Cl)c(C(F)(F)F)c3)n2Cc2ccc(Cl)cc2)n(C)c1=O.Cn1c(=O)[nH]c(=O)c2c1nc(Br)n2Cc1ccc(Cl)cc1.Cn1c(=O)[nH]c(=O)c2c1nc(Oc1ccc(Cl)c(C(F)(F)F)c1)n2Cc1ccc(Cl)cc1.Oc1ccc(Cl)c(C(F)(F)F)c1. The third-order valence-electron chi connectivity index (χ3n) is 14.4. The quantitative estimate of drug-likeness (QED) is 0.0808. The van der Waals surface area contributed by atoms with Gasteiger partial charge < -0.3 is 19.1 Å². The molecule has 0 fully saturated rings. The van der Waals surface area contributed by atoms with E-state index in [2.05, 4.69) is 40.8 Å². The lowest BCUT2D eigenvalue weighted by Gasteiger charge is -2.13. The topological polar surface area (TPSA) is 246 Å². The van der Waals surface area contributed by atoms with Crippen molar-refractivity contribution < 1.29 is 54.1 Å². The van der Waals surface area contributed by atoms with E-state index >= 15 is 0 Å². The van der Waals surface area contributed by atoms with E-state index < -0.39 is 89.8 Å². The molecule has 6 aromatic heterocycles. The molecule has 0 saturated heterocycles. The molecule has 0 unspecified atom stereocenters. The lowest BCUT2D eigenvalue weighted by Crippen LogP contribution is -2.39. The molecule has 0 amide bonds. The molecule has 0 atom stereocenters. The number of alkyl halides is 9. The molecule has 0 aliphatic heterocycles. The molecule has 12 rings (SSSR count). The lowest BCUT2D eigenvalue weighted by molar-refractivity contribution is -0.138. The Kier molecular flexibility index (Phi) is 22.2. The zero-order valence-electron chi connectivity index (χ0n) is 50.7. The highest BCUT2D eigenvalue weighted by atomic mass is 79.9. The van der Waals surface area contributed by atoms with E-state index in [1.807, 2.05) is 12.1 Å². The van der Waals surface area contributed by atoms with E-state index in [1.165, 1.54) is 44.5 Å². The Labute approximate surface area is 586 Å². The summed E-state index contributed by atoms with van der Waals surface area (Å²) in [6.45, 7) is 2.37. The van der Waals surface area contributed by atoms with Crippen LogP contribution in [0.3, 0.4) is 0 Å². The zero-order valence-corrected chi connectivity index (χ0v) is 56.8. The van der Waals surface area contributed by atoms with Crippen LogP contribution < -0.4 is 43.2 Å². The third kappa shape index (κ3) is 16.7. The largest absolute Gasteiger partial charge is 0.508 e. The van der Waals surface area contributed by atoms with Crippen LogP contribution in [0.25, 0.3) is 33.5 Å². The molecule has 99 heavy (non-hydrogen) atoms. The van der Waals surface area contributed by atoms with Gasteiger partial charge in [0.1, 0.15) is 17.2 Å². The Balaban J connectivity index is 0.000000163. The molecule has 0 aliphatic rings. The highest BCUT2D eigenvalue weighted by molar-refractivity contribution is 9.10. The summed E-state index contributed by atoms with van der Waals surface area (Å²) in [5.74, 6) is -0.840. The van der Waals surface area contributed by atoms with Crippen molar-refractivity contribution in [2.75, 3.05) is 0 Å². The third-order valence-corrected chi connectivity index (χ3v) is 16.7. The van der Waals surface area contributed by atoms with Crippen LogP contribution in [-0.2, 0) is 65.9 Å². The van der Waals surface area contributed by atoms with Gasteiger partial charge in [-0.05, 0) is 131 Å².